The summed E-state index contributed by atoms with van der Waals surface area (Å²) in [7, 11) is -2.62. The molecule has 1 aromatic rings. The lowest BCUT2D eigenvalue weighted by atomic mass is 9.98. The molecule has 1 atom stereocenters. The number of carbonyl (C=O) groups is 1. The molecule has 7 nitrogen and oxygen atoms in total. The van der Waals surface area contributed by atoms with E-state index in [0.29, 0.717) is 18.7 Å². The van der Waals surface area contributed by atoms with Crippen molar-refractivity contribution in [3.63, 3.8) is 0 Å². The van der Waals surface area contributed by atoms with Gasteiger partial charge in [0.05, 0.1) is 13.3 Å². The first-order chi connectivity index (χ1) is 8.75. The van der Waals surface area contributed by atoms with Crippen molar-refractivity contribution < 1.29 is 17.9 Å². The van der Waals surface area contributed by atoms with Gasteiger partial charge < -0.3 is 9.72 Å². The molecule has 0 aliphatic rings. The monoisotopic (exact) mass is 289 g/mol. The number of rotatable bonds is 6. The number of sulfonamides is 1. The molecule has 108 valence electrons. The van der Waals surface area contributed by atoms with E-state index in [1.807, 2.05) is 6.92 Å². The molecule has 0 aromatic carbocycles. The molecule has 0 fully saturated rings. The van der Waals surface area contributed by atoms with E-state index in [0.717, 1.165) is 0 Å². The Hall–Kier alpha value is -1.41. The first-order valence-electron chi connectivity index (χ1n) is 5.89. The zero-order chi connectivity index (χ0) is 14.7. The summed E-state index contributed by atoms with van der Waals surface area (Å²) >= 11 is 0. The number of nitrogens with one attached hydrogen (secondary N) is 2. The van der Waals surface area contributed by atoms with Gasteiger partial charge in [-0.3, -0.25) is 4.79 Å². The van der Waals surface area contributed by atoms with Crippen LogP contribution < -0.4 is 4.72 Å². The van der Waals surface area contributed by atoms with Crippen molar-refractivity contribution in [3.8, 4) is 0 Å². The SMILES string of the molecule is CCCC(C)(NS(=O)(=O)c1cnc(C)[nH]1)C(=O)OC. The maximum Gasteiger partial charge on any atom is 0.326 e. The van der Waals surface area contributed by atoms with Crippen molar-refractivity contribution in [1.29, 1.82) is 0 Å². The third kappa shape index (κ3) is 3.54. The molecule has 0 spiro atoms. The minimum Gasteiger partial charge on any atom is -0.468 e. The number of imidazole rings is 1. The Morgan fingerprint density at radius 3 is 2.63 bits per heavy atom. The number of hydrogen-bond acceptors (Lipinski definition) is 5. The molecular formula is C11H19N3O4S. The largest absolute Gasteiger partial charge is 0.468 e. The summed E-state index contributed by atoms with van der Waals surface area (Å²) < 4.78 is 31.4. The van der Waals surface area contributed by atoms with E-state index in [-0.39, 0.29) is 5.03 Å². The molecule has 8 heteroatoms. The molecule has 0 amide bonds. The molecule has 19 heavy (non-hydrogen) atoms. The quantitative estimate of drug-likeness (QED) is 0.752. The highest BCUT2D eigenvalue weighted by molar-refractivity contribution is 7.89. The Labute approximate surface area is 112 Å². The van der Waals surface area contributed by atoms with Gasteiger partial charge >= 0.3 is 5.97 Å². The second-order valence-corrected chi connectivity index (χ2v) is 6.16. The molecule has 1 unspecified atom stereocenters. The van der Waals surface area contributed by atoms with Gasteiger partial charge in [-0.25, -0.2) is 13.4 Å². The minimum atomic E-state index is -3.84. The molecule has 0 radical (unpaired) electrons. The Morgan fingerprint density at radius 1 is 1.58 bits per heavy atom. The van der Waals surface area contributed by atoms with Crippen molar-refractivity contribution in [3.05, 3.63) is 12.0 Å². The first kappa shape index (κ1) is 15.6. The Bertz CT molecular complexity index is 552. The number of H-pyrrole nitrogens is 1. The summed E-state index contributed by atoms with van der Waals surface area (Å²) in [5.74, 6) is -0.134. The lowest BCUT2D eigenvalue weighted by molar-refractivity contribution is -0.147. The zero-order valence-corrected chi connectivity index (χ0v) is 12.3. The topological polar surface area (TPSA) is 101 Å². The number of aromatic nitrogens is 2. The predicted octanol–water partition coefficient (Wildman–Crippen LogP) is 0.728. The molecule has 0 aliphatic heterocycles. The maximum atomic E-state index is 12.2. The molecule has 0 aliphatic carbocycles. The number of aromatic amines is 1. The fourth-order valence-corrected chi connectivity index (χ4v) is 3.17. The van der Waals surface area contributed by atoms with Gasteiger partial charge in [-0.05, 0) is 20.3 Å². The van der Waals surface area contributed by atoms with Gasteiger partial charge in [0.15, 0.2) is 5.03 Å². The summed E-state index contributed by atoms with van der Waals surface area (Å²) in [5.41, 5.74) is -1.29. The predicted molar refractivity (Wildman–Crippen MR) is 69.0 cm³/mol. The van der Waals surface area contributed by atoms with E-state index >= 15 is 0 Å². The normalized spacial score (nSPS) is 14.9. The number of methoxy groups -OCH3 is 1. The molecule has 1 rings (SSSR count). The van der Waals surface area contributed by atoms with Crippen molar-refractivity contribution in [2.24, 2.45) is 0 Å². The van der Waals surface area contributed by atoms with E-state index in [1.54, 1.807) is 6.92 Å². The van der Waals surface area contributed by atoms with Crippen molar-refractivity contribution in [2.75, 3.05) is 7.11 Å². The van der Waals surface area contributed by atoms with Crippen LogP contribution in [-0.2, 0) is 19.6 Å². The molecule has 1 aromatic heterocycles. The number of ether oxygens (including phenoxy) is 1. The fraction of sp³-hybridized carbons (Fsp3) is 0.636. The van der Waals surface area contributed by atoms with Crippen LogP contribution in [0.25, 0.3) is 0 Å². The van der Waals surface area contributed by atoms with E-state index < -0.39 is 21.5 Å². The number of carbonyl (C=O) groups excluding carboxylic acids is 1. The van der Waals surface area contributed by atoms with Crippen LogP contribution in [0.5, 0.6) is 0 Å². The molecule has 0 bridgehead atoms. The van der Waals surface area contributed by atoms with Crippen molar-refractivity contribution >= 4 is 16.0 Å². The number of nitrogens with zero attached hydrogens (tertiary/aromatic N) is 1. The average molecular weight is 289 g/mol. The zero-order valence-electron chi connectivity index (χ0n) is 11.5. The van der Waals surface area contributed by atoms with Crippen LogP contribution >= 0.6 is 0 Å². The molecule has 0 saturated carbocycles. The second-order valence-electron chi connectivity index (χ2n) is 4.51. The smallest absolute Gasteiger partial charge is 0.326 e. The summed E-state index contributed by atoms with van der Waals surface area (Å²) in [6.45, 7) is 5.00. The highest BCUT2D eigenvalue weighted by atomic mass is 32.2. The maximum absolute atomic E-state index is 12.2. The third-order valence-corrected chi connectivity index (χ3v) is 4.22. The van der Waals surface area contributed by atoms with Gasteiger partial charge in [-0.1, -0.05) is 13.3 Å². The third-order valence-electron chi connectivity index (χ3n) is 2.71. The van der Waals surface area contributed by atoms with Gasteiger partial charge in [-0.2, -0.15) is 4.72 Å². The highest BCUT2D eigenvalue weighted by Crippen LogP contribution is 2.18. The Kier molecular flexibility index (Phi) is 4.70. The summed E-state index contributed by atoms with van der Waals surface area (Å²) in [4.78, 5) is 18.2. The van der Waals surface area contributed by atoms with Gasteiger partial charge in [0.1, 0.15) is 11.4 Å². The van der Waals surface area contributed by atoms with Crippen LogP contribution in [0.2, 0.25) is 0 Å². The highest BCUT2D eigenvalue weighted by Gasteiger charge is 2.38. The Balaban J connectivity index is 3.06. The number of esters is 1. The average Bonchev–Trinajstić information content (AvgIpc) is 2.75. The van der Waals surface area contributed by atoms with Gasteiger partial charge in [0.25, 0.3) is 10.0 Å². The second kappa shape index (κ2) is 5.70. The summed E-state index contributed by atoms with van der Waals surface area (Å²) in [6.07, 6.45) is 2.18. The molecule has 1 heterocycles. The van der Waals surface area contributed by atoms with Crippen LogP contribution in [0.4, 0.5) is 0 Å². The molecule has 2 N–H and O–H groups in total. The lowest BCUT2D eigenvalue weighted by Crippen LogP contribution is -2.52. The summed E-state index contributed by atoms with van der Waals surface area (Å²) in [5, 5.41) is -0.0729. The minimum absolute atomic E-state index is 0.0729. The van der Waals surface area contributed by atoms with E-state index in [4.69, 9.17) is 0 Å². The molecule has 0 saturated heterocycles. The van der Waals surface area contributed by atoms with Crippen molar-refractivity contribution in [1.82, 2.24) is 14.7 Å². The van der Waals surface area contributed by atoms with Gasteiger partial charge in [-0.15, -0.1) is 0 Å². The van der Waals surface area contributed by atoms with Gasteiger partial charge in [0.2, 0.25) is 0 Å². The molecular weight excluding hydrogens is 270 g/mol. The number of aryl methyl sites for hydroxylation is 1. The van der Waals surface area contributed by atoms with Crippen LogP contribution in [-0.4, -0.2) is 37.0 Å². The van der Waals surface area contributed by atoms with Crippen LogP contribution in [0.3, 0.4) is 0 Å². The van der Waals surface area contributed by atoms with E-state index in [1.165, 1.54) is 20.2 Å². The standard InChI is InChI=1S/C11H19N3O4S/c1-5-6-11(3,10(15)18-4)14-19(16,17)9-7-12-8(2)13-9/h7,14H,5-6H2,1-4H3,(H,12,13). The summed E-state index contributed by atoms with van der Waals surface area (Å²) in [6, 6.07) is 0. The van der Waals surface area contributed by atoms with E-state index in [9.17, 15) is 13.2 Å². The Morgan fingerprint density at radius 2 is 2.21 bits per heavy atom. The van der Waals surface area contributed by atoms with Crippen molar-refractivity contribution in [2.45, 2.75) is 44.2 Å². The lowest BCUT2D eigenvalue weighted by Gasteiger charge is -2.26. The van der Waals surface area contributed by atoms with Crippen LogP contribution in [0.15, 0.2) is 11.2 Å². The van der Waals surface area contributed by atoms with Crippen LogP contribution in [0.1, 0.15) is 32.5 Å². The van der Waals surface area contributed by atoms with E-state index in [2.05, 4.69) is 19.4 Å². The first-order valence-corrected chi connectivity index (χ1v) is 7.37. The van der Waals surface area contributed by atoms with Gasteiger partial charge in [0, 0.05) is 0 Å². The van der Waals surface area contributed by atoms with Crippen LogP contribution in [0, 0.1) is 6.92 Å². The number of hydrogen-bond donors (Lipinski definition) is 2. The fourth-order valence-electron chi connectivity index (χ4n) is 1.81.